The minimum Gasteiger partial charge on any atom is -0.196 e. The smallest absolute Gasteiger partial charge is 0.196 e. The Morgan fingerprint density at radius 2 is 1.45 bits per heavy atom. The fourth-order valence-corrected chi connectivity index (χ4v) is 0.264. The molecule has 11 heavy (non-hydrogen) atoms. The van der Waals surface area contributed by atoms with Crippen molar-refractivity contribution in [2.24, 2.45) is 10.2 Å². The van der Waals surface area contributed by atoms with Crippen LogP contribution in [0.3, 0.4) is 0 Å². The van der Waals surface area contributed by atoms with Gasteiger partial charge in [-0.25, -0.2) is 0 Å². The maximum absolute atomic E-state index is 8.24. The molecule has 0 rings (SSSR count). The van der Waals surface area contributed by atoms with E-state index >= 15 is 0 Å². The van der Waals surface area contributed by atoms with Crippen LogP contribution in [0.4, 0.5) is 0 Å². The molecule has 0 N–H and O–H groups in total. The molecule has 0 spiro atoms. The van der Waals surface area contributed by atoms with Gasteiger partial charge in [0.25, 0.3) is 5.66 Å². The maximum Gasteiger partial charge on any atom is 0.298 e. The second-order valence-corrected chi connectivity index (χ2v) is 1.27. The third-order valence-electron chi connectivity index (χ3n) is 0.691. The van der Waals surface area contributed by atoms with Crippen molar-refractivity contribution in [1.82, 2.24) is 0 Å². The quantitative estimate of drug-likeness (QED) is 0.330. The molecule has 0 aliphatic carbocycles. The average Bonchev–Trinajstić information content (AvgIpc) is 2.04. The second kappa shape index (κ2) is 3.59. The van der Waals surface area contributed by atoms with Crippen LogP contribution < -0.4 is 0 Å². The molecule has 0 radical (unpaired) electrons. The molecule has 0 bridgehead atoms. The molecule has 0 fully saturated rings. The Balaban J connectivity index is 5.15. The maximum atomic E-state index is 8.24. The molecule has 8 nitrogen and oxygen atoms in total. The number of hydrogen-bond donors (Lipinski definition) is 0. The van der Waals surface area contributed by atoms with Gasteiger partial charge < -0.3 is 0 Å². The molecule has 0 aromatic carbocycles. The first kappa shape index (κ1) is 8.60. The standard InChI is InChI=1S/C3N8/c4-1-3(2-5,8-10-6)9-11-7. The lowest BCUT2D eigenvalue weighted by Gasteiger charge is -1.98. The van der Waals surface area contributed by atoms with Gasteiger partial charge in [0.15, 0.2) is 0 Å². The van der Waals surface area contributed by atoms with Gasteiger partial charge in [-0.2, -0.15) is 10.5 Å². The van der Waals surface area contributed by atoms with Gasteiger partial charge in [0.2, 0.25) is 0 Å². The lowest BCUT2D eigenvalue weighted by molar-refractivity contribution is 0.711. The van der Waals surface area contributed by atoms with Crippen LogP contribution in [0.15, 0.2) is 10.2 Å². The number of hydrogen-bond acceptors (Lipinski definition) is 4. The predicted octanol–water partition coefficient (Wildman–Crippen LogP) is 1.35. The zero-order chi connectivity index (χ0) is 8.74. The van der Waals surface area contributed by atoms with Gasteiger partial charge >= 0.3 is 0 Å². The van der Waals surface area contributed by atoms with Crippen LogP contribution in [-0.2, 0) is 0 Å². The van der Waals surface area contributed by atoms with E-state index in [2.05, 4.69) is 20.1 Å². The Labute approximate surface area is 60.5 Å². The molecule has 0 atom stereocenters. The molecule has 0 unspecified atom stereocenters. The van der Waals surface area contributed by atoms with Crippen molar-refractivity contribution in [1.29, 1.82) is 10.5 Å². The van der Waals surface area contributed by atoms with E-state index in [1.54, 1.807) is 0 Å². The third-order valence-corrected chi connectivity index (χ3v) is 0.691. The van der Waals surface area contributed by atoms with Crippen molar-refractivity contribution in [3.63, 3.8) is 0 Å². The van der Waals surface area contributed by atoms with E-state index in [4.69, 9.17) is 21.6 Å². The van der Waals surface area contributed by atoms with E-state index in [0.717, 1.165) is 0 Å². The van der Waals surface area contributed by atoms with E-state index < -0.39 is 5.66 Å². The molecule has 0 aliphatic rings. The minimum absolute atomic E-state index is 1.27. The zero-order valence-corrected chi connectivity index (χ0v) is 5.08. The van der Waals surface area contributed by atoms with Gasteiger partial charge in [-0.05, 0) is 11.1 Å². The zero-order valence-electron chi connectivity index (χ0n) is 5.08. The first-order valence-corrected chi connectivity index (χ1v) is 2.19. The summed E-state index contributed by atoms with van der Waals surface area (Å²) < 4.78 is 0. The first-order chi connectivity index (χ1) is 5.24. The van der Waals surface area contributed by atoms with Crippen molar-refractivity contribution in [2.75, 3.05) is 0 Å². The van der Waals surface area contributed by atoms with Crippen molar-refractivity contribution >= 4 is 0 Å². The van der Waals surface area contributed by atoms with Gasteiger partial charge in [-0.15, -0.1) is 0 Å². The van der Waals surface area contributed by atoms with Gasteiger partial charge in [-0.1, -0.05) is 10.2 Å². The van der Waals surface area contributed by atoms with Crippen LogP contribution in [0, 0.1) is 22.7 Å². The SMILES string of the molecule is N#CC(C#N)(N=[N+]=[N-])N=[N+]=[N-]. The van der Waals surface area contributed by atoms with E-state index in [1.165, 1.54) is 12.1 Å². The van der Waals surface area contributed by atoms with Crippen LogP contribution in [0.25, 0.3) is 20.9 Å². The van der Waals surface area contributed by atoms with Crippen molar-refractivity contribution in [3.05, 3.63) is 20.9 Å². The van der Waals surface area contributed by atoms with Crippen molar-refractivity contribution in [2.45, 2.75) is 5.66 Å². The average molecular weight is 148 g/mol. The lowest BCUT2D eigenvalue weighted by Crippen LogP contribution is -2.15. The Morgan fingerprint density at radius 1 is 1.09 bits per heavy atom. The van der Waals surface area contributed by atoms with Crippen LogP contribution in [0.2, 0.25) is 0 Å². The van der Waals surface area contributed by atoms with Crippen molar-refractivity contribution in [3.8, 4) is 12.1 Å². The van der Waals surface area contributed by atoms with Crippen LogP contribution in [0.5, 0.6) is 0 Å². The summed E-state index contributed by atoms with van der Waals surface area (Å²) in [4.78, 5) is 4.37. The largest absolute Gasteiger partial charge is 0.298 e. The number of azide groups is 1. The highest BCUT2D eigenvalue weighted by atomic mass is 15.3. The fourth-order valence-electron chi connectivity index (χ4n) is 0.264. The molecule has 52 valence electrons. The van der Waals surface area contributed by atoms with E-state index in [1.807, 2.05) is 0 Å². The Kier molecular flexibility index (Phi) is 2.81. The summed E-state index contributed by atoms with van der Waals surface area (Å²) in [5.41, 5.74) is 13.4. The molecule has 0 heterocycles. The van der Waals surface area contributed by atoms with Gasteiger partial charge in [0, 0.05) is 9.82 Å². The fraction of sp³-hybridized carbons (Fsp3) is 0.333. The van der Waals surface area contributed by atoms with Crippen molar-refractivity contribution < 1.29 is 0 Å². The molecule has 0 aromatic rings. The minimum atomic E-state index is -2.29. The van der Waals surface area contributed by atoms with Crippen LogP contribution >= 0.6 is 0 Å². The molecular formula is C3N8. The highest BCUT2D eigenvalue weighted by Crippen LogP contribution is 2.10. The predicted molar refractivity (Wildman–Crippen MR) is 32.2 cm³/mol. The summed E-state index contributed by atoms with van der Waals surface area (Å²) in [6.45, 7) is 0. The monoisotopic (exact) mass is 148 g/mol. The highest BCUT2D eigenvalue weighted by molar-refractivity contribution is 5.20. The summed E-state index contributed by atoms with van der Waals surface area (Å²) >= 11 is 0. The molecular weight excluding hydrogens is 148 g/mol. The molecule has 0 aliphatic heterocycles. The second-order valence-electron chi connectivity index (χ2n) is 1.27. The first-order valence-electron chi connectivity index (χ1n) is 2.19. The van der Waals surface area contributed by atoms with Crippen LogP contribution in [0.1, 0.15) is 0 Å². The van der Waals surface area contributed by atoms with Gasteiger partial charge in [-0.3, -0.25) is 0 Å². The van der Waals surface area contributed by atoms with E-state index in [0.29, 0.717) is 0 Å². The molecule has 0 amide bonds. The Hall–Kier alpha value is -2.40. The summed E-state index contributed by atoms with van der Waals surface area (Å²) in [5.74, 6) is 0. The van der Waals surface area contributed by atoms with Gasteiger partial charge in [0.1, 0.15) is 0 Å². The Morgan fingerprint density at radius 3 is 1.64 bits per heavy atom. The number of nitrogens with zero attached hydrogens (tertiary/aromatic N) is 8. The lowest BCUT2D eigenvalue weighted by atomic mass is 10.3. The topological polar surface area (TPSA) is 145 Å². The summed E-state index contributed by atoms with van der Waals surface area (Å²) in [6.07, 6.45) is 0. The normalized spacial score (nSPS) is 7.82. The van der Waals surface area contributed by atoms with E-state index in [9.17, 15) is 0 Å². The molecule has 0 saturated carbocycles. The number of nitriles is 2. The van der Waals surface area contributed by atoms with Gasteiger partial charge in [0.05, 0.1) is 12.1 Å². The summed E-state index contributed by atoms with van der Waals surface area (Å²) in [5, 5.41) is 21.9. The van der Waals surface area contributed by atoms with E-state index in [-0.39, 0.29) is 0 Å². The third kappa shape index (κ3) is 1.77. The summed E-state index contributed by atoms with van der Waals surface area (Å²) in [7, 11) is 0. The molecule has 8 heteroatoms. The van der Waals surface area contributed by atoms with Crippen LogP contribution in [-0.4, -0.2) is 5.66 Å². The highest BCUT2D eigenvalue weighted by Gasteiger charge is 2.26. The molecule has 0 aromatic heterocycles. The Bertz CT molecular complexity index is 280. The number of rotatable bonds is 2. The summed E-state index contributed by atoms with van der Waals surface area (Å²) in [6, 6.07) is 2.53. The molecule has 0 saturated heterocycles.